The van der Waals surface area contributed by atoms with Gasteiger partial charge >= 0.3 is 11.9 Å². The van der Waals surface area contributed by atoms with Gasteiger partial charge in [-0.15, -0.1) is 0 Å². The second kappa shape index (κ2) is 16.6. The molecule has 0 amide bonds. The highest BCUT2D eigenvalue weighted by molar-refractivity contribution is 5.90. The highest BCUT2D eigenvalue weighted by Gasteiger charge is 2.15. The molecule has 0 unspecified atom stereocenters. The number of aryl methyl sites for hydroxylation is 2. The average molecular weight is 603 g/mol. The molecule has 3 heterocycles. The average Bonchev–Trinajstić information content (AvgIpc) is 3.82. The van der Waals surface area contributed by atoms with Gasteiger partial charge in [0.2, 0.25) is 0 Å². The van der Waals surface area contributed by atoms with E-state index in [4.69, 9.17) is 10.2 Å². The monoisotopic (exact) mass is 602 g/mol. The van der Waals surface area contributed by atoms with Crippen LogP contribution in [0.2, 0.25) is 0 Å². The largest absolute Gasteiger partial charge is 0.478 e. The first-order valence-electron chi connectivity index (χ1n) is 13.7. The summed E-state index contributed by atoms with van der Waals surface area (Å²) in [5.41, 5.74) is 4.90. The zero-order valence-corrected chi connectivity index (χ0v) is 24.3. The number of carboxylic acid groups (broad SMARTS) is 2. The Morgan fingerprint density at radius 1 is 0.932 bits per heavy atom. The van der Waals surface area contributed by atoms with E-state index in [1.54, 1.807) is 29.1 Å². The van der Waals surface area contributed by atoms with Crippen molar-refractivity contribution in [3.05, 3.63) is 95.6 Å². The van der Waals surface area contributed by atoms with Crippen molar-refractivity contribution in [2.24, 2.45) is 4.99 Å². The van der Waals surface area contributed by atoms with Gasteiger partial charge in [0, 0.05) is 72.6 Å². The number of carbonyl (C=O) groups is 2. The Hall–Kier alpha value is -5.79. The molecular weight excluding hydrogens is 568 g/mol. The molecule has 4 aromatic rings. The van der Waals surface area contributed by atoms with Crippen molar-refractivity contribution in [3.63, 3.8) is 0 Å². The van der Waals surface area contributed by atoms with Gasteiger partial charge in [-0.1, -0.05) is 30.3 Å². The fourth-order valence-electron chi connectivity index (χ4n) is 4.00. The van der Waals surface area contributed by atoms with Crippen LogP contribution in [0.4, 0.5) is 11.4 Å². The van der Waals surface area contributed by atoms with Gasteiger partial charge in [-0.2, -0.15) is 10.2 Å². The van der Waals surface area contributed by atoms with E-state index < -0.39 is 11.9 Å². The highest BCUT2D eigenvalue weighted by Crippen LogP contribution is 2.29. The molecular formula is C30H34N8O6. The van der Waals surface area contributed by atoms with Gasteiger partial charge in [-0.3, -0.25) is 24.5 Å². The third-order valence-corrected chi connectivity index (χ3v) is 6.12. The van der Waals surface area contributed by atoms with Crippen LogP contribution in [-0.2, 0) is 22.7 Å². The number of hydrogen-bond donors (Lipinski definition) is 4. The molecule has 0 fully saturated rings. The predicted octanol–water partition coefficient (Wildman–Crippen LogP) is 4.17. The molecule has 230 valence electrons. The number of hydrogen-bond acceptors (Lipinski definition) is 9. The summed E-state index contributed by atoms with van der Waals surface area (Å²) < 4.78 is 3.68. The van der Waals surface area contributed by atoms with Crippen LogP contribution < -0.4 is 10.6 Å². The van der Waals surface area contributed by atoms with Crippen molar-refractivity contribution in [2.45, 2.75) is 26.9 Å². The minimum atomic E-state index is -1.26. The van der Waals surface area contributed by atoms with Crippen LogP contribution in [0.1, 0.15) is 13.8 Å². The number of aromatic nitrogens is 4. The summed E-state index contributed by atoms with van der Waals surface area (Å²) in [6, 6.07) is 15.0. The Morgan fingerprint density at radius 2 is 1.48 bits per heavy atom. The summed E-state index contributed by atoms with van der Waals surface area (Å²) in [5.74, 6) is -1.48. The fourth-order valence-corrected chi connectivity index (χ4v) is 4.00. The zero-order valence-electron chi connectivity index (χ0n) is 24.3. The number of anilines is 1. The molecule has 0 saturated carbocycles. The molecule has 4 N–H and O–H groups in total. The van der Waals surface area contributed by atoms with Crippen LogP contribution >= 0.6 is 0 Å². The molecule has 2 aromatic heterocycles. The normalized spacial score (nSPS) is 11.8. The van der Waals surface area contributed by atoms with E-state index in [-0.39, 0.29) is 10.6 Å². The number of nitro benzene ring substituents is 1. The van der Waals surface area contributed by atoms with Crippen LogP contribution in [0.15, 0.2) is 90.5 Å². The standard InChI is InChI=1S/C15H19N5.C11H11N3O2.C4H4O4/c1-2-20-11-12(9-19-20)13-5-3-4-6-14(13)18-10-15-16-7-8-17-15;1-2-13-8-9(7-12-13)10-5-3-4-6-11(10)14(15)16;5-3(6)1-2-4(7)8/h3-6,9,11,18H,2,7-8,10H2,1H3,(H,16,17);3-8H,2H2,1H3;1-2H,(H,5,6)(H,7,8). The lowest BCUT2D eigenvalue weighted by atomic mass is 10.1. The number of aliphatic imine (C=N–C) groups is 1. The first-order valence-corrected chi connectivity index (χ1v) is 13.7. The van der Waals surface area contributed by atoms with Gasteiger partial charge in [0.15, 0.2) is 0 Å². The molecule has 44 heavy (non-hydrogen) atoms. The Morgan fingerprint density at radius 3 is 1.98 bits per heavy atom. The van der Waals surface area contributed by atoms with Crippen molar-refractivity contribution in [2.75, 3.05) is 25.0 Å². The van der Waals surface area contributed by atoms with E-state index in [2.05, 4.69) is 57.1 Å². The number of nitrogens with zero attached hydrogens (tertiary/aromatic N) is 6. The van der Waals surface area contributed by atoms with Crippen molar-refractivity contribution in [3.8, 4) is 22.3 Å². The van der Waals surface area contributed by atoms with Crippen molar-refractivity contribution < 1.29 is 24.7 Å². The maximum Gasteiger partial charge on any atom is 0.328 e. The van der Waals surface area contributed by atoms with Gasteiger partial charge in [-0.25, -0.2) is 9.59 Å². The van der Waals surface area contributed by atoms with Crippen LogP contribution in [0.25, 0.3) is 22.3 Å². The van der Waals surface area contributed by atoms with Gasteiger partial charge in [0.05, 0.1) is 36.0 Å². The third-order valence-electron chi connectivity index (χ3n) is 6.12. The fraction of sp³-hybridized carbons (Fsp3) is 0.233. The highest BCUT2D eigenvalue weighted by atomic mass is 16.6. The second-order valence-electron chi connectivity index (χ2n) is 9.11. The third kappa shape index (κ3) is 9.94. The number of carboxylic acids is 2. The number of aliphatic carboxylic acids is 2. The topological polar surface area (TPSA) is 190 Å². The Bertz CT molecular complexity index is 1610. The first-order chi connectivity index (χ1) is 21.2. The number of benzene rings is 2. The lowest BCUT2D eigenvalue weighted by Crippen LogP contribution is -2.26. The summed E-state index contributed by atoms with van der Waals surface area (Å²) in [4.78, 5) is 34.0. The van der Waals surface area contributed by atoms with E-state index in [0.717, 1.165) is 55.4 Å². The molecule has 14 heteroatoms. The van der Waals surface area contributed by atoms with E-state index in [1.165, 1.54) is 11.6 Å². The molecule has 1 aliphatic rings. The lowest BCUT2D eigenvalue weighted by molar-refractivity contribution is -0.384. The number of para-hydroxylation sites is 2. The summed E-state index contributed by atoms with van der Waals surface area (Å²) >= 11 is 0. The molecule has 0 saturated heterocycles. The smallest absolute Gasteiger partial charge is 0.328 e. The SMILES string of the molecule is CCn1cc(-c2ccccc2NCC2=NCCN2)cn1.CCn1cc(-c2ccccc2[N+](=O)[O-])cn1.O=C(O)C=CC(=O)O. The van der Waals surface area contributed by atoms with Crippen molar-refractivity contribution in [1.82, 2.24) is 24.9 Å². The summed E-state index contributed by atoms with van der Waals surface area (Å²) in [6.07, 6.45) is 8.56. The van der Waals surface area contributed by atoms with Crippen LogP contribution in [0, 0.1) is 10.1 Å². The zero-order chi connectivity index (χ0) is 31.9. The molecule has 1 aliphatic heterocycles. The Kier molecular flexibility index (Phi) is 12.3. The molecule has 0 bridgehead atoms. The summed E-state index contributed by atoms with van der Waals surface area (Å²) in [7, 11) is 0. The molecule has 14 nitrogen and oxygen atoms in total. The Balaban J connectivity index is 0.000000198. The number of nitro groups is 1. The maximum atomic E-state index is 10.8. The predicted molar refractivity (Wildman–Crippen MR) is 167 cm³/mol. The number of rotatable bonds is 10. The minimum Gasteiger partial charge on any atom is -0.478 e. The van der Waals surface area contributed by atoms with E-state index >= 15 is 0 Å². The minimum absolute atomic E-state index is 0.109. The molecule has 2 aromatic carbocycles. The van der Waals surface area contributed by atoms with E-state index in [9.17, 15) is 19.7 Å². The van der Waals surface area contributed by atoms with Crippen molar-refractivity contribution in [1.29, 1.82) is 0 Å². The number of nitrogens with one attached hydrogen (secondary N) is 2. The lowest BCUT2D eigenvalue weighted by Gasteiger charge is -2.11. The molecule has 5 rings (SSSR count). The van der Waals surface area contributed by atoms with E-state index in [1.807, 2.05) is 30.1 Å². The van der Waals surface area contributed by atoms with Crippen LogP contribution in [-0.4, -0.2) is 72.1 Å². The molecule has 0 spiro atoms. The number of amidine groups is 1. The van der Waals surface area contributed by atoms with Gasteiger partial charge < -0.3 is 20.8 Å². The molecule has 0 atom stereocenters. The van der Waals surface area contributed by atoms with Gasteiger partial charge in [-0.05, 0) is 26.0 Å². The summed E-state index contributed by atoms with van der Waals surface area (Å²) in [5, 5.41) is 41.6. The quantitative estimate of drug-likeness (QED) is 0.116. The van der Waals surface area contributed by atoms with Gasteiger partial charge in [0.1, 0.15) is 5.84 Å². The van der Waals surface area contributed by atoms with Crippen LogP contribution in [0.5, 0.6) is 0 Å². The first kappa shape index (κ1) is 32.7. The second-order valence-corrected chi connectivity index (χ2v) is 9.11. The van der Waals surface area contributed by atoms with Crippen molar-refractivity contribution >= 4 is 29.1 Å². The van der Waals surface area contributed by atoms with Crippen LogP contribution in [0.3, 0.4) is 0 Å². The molecule has 0 aliphatic carbocycles. The Labute approximate surface area is 253 Å². The van der Waals surface area contributed by atoms with E-state index in [0.29, 0.717) is 17.7 Å². The molecule has 0 radical (unpaired) electrons. The van der Waals surface area contributed by atoms with Gasteiger partial charge in [0.25, 0.3) is 5.69 Å². The maximum absolute atomic E-state index is 10.8. The summed E-state index contributed by atoms with van der Waals surface area (Å²) in [6.45, 7) is 8.25.